The summed E-state index contributed by atoms with van der Waals surface area (Å²) in [5.74, 6) is 0.826. The first-order valence-electron chi connectivity index (χ1n) is 5.09. The number of hydrogen-bond acceptors (Lipinski definition) is 4. The number of thioether (sulfide) groups is 1. The summed E-state index contributed by atoms with van der Waals surface area (Å²) in [6, 6.07) is 7.52. The number of anilines is 2. The standard InChI is InChI=1S/C12H12ClN3S/c1-8-7-14-12(17-2)16-11(8)15-10-5-3-9(13)4-6-10/h3-7H,1-2H3,(H,14,15,16). The van der Waals surface area contributed by atoms with E-state index in [4.69, 9.17) is 11.6 Å². The molecule has 0 spiro atoms. The maximum atomic E-state index is 5.84. The van der Waals surface area contributed by atoms with Gasteiger partial charge in [-0.2, -0.15) is 0 Å². The fraction of sp³-hybridized carbons (Fsp3) is 0.167. The molecule has 0 aliphatic rings. The minimum atomic E-state index is 0.722. The molecule has 0 aliphatic carbocycles. The van der Waals surface area contributed by atoms with E-state index >= 15 is 0 Å². The second-order valence-corrected chi connectivity index (χ2v) is 4.73. The highest BCUT2D eigenvalue weighted by Gasteiger charge is 2.03. The van der Waals surface area contributed by atoms with E-state index in [0.29, 0.717) is 0 Å². The molecule has 0 unspecified atom stereocenters. The average molecular weight is 266 g/mol. The fourth-order valence-electron chi connectivity index (χ4n) is 1.32. The van der Waals surface area contributed by atoms with Crippen LogP contribution in [0.1, 0.15) is 5.56 Å². The van der Waals surface area contributed by atoms with Crippen LogP contribution in [0.2, 0.25) is 5.02 Å². The minimum absolute atomic E-state index is 0.722. The van der Waals surface area contributed by atoms with E-state index in [1.807, 2.05) is 43.6 Å². The van der Waals surface area contributed by atoms with E-state index in [0.717, 1.165) is 27.2 Å². The van der Waals surface area contributed by atoms with Crippen molar-refractivity contribution in [1.29, 1.82) is 0 Å². The molecular formula is C12H12ClN3S. The molecule has 1 aromatic carbocycles. The van der Waals surface area contributed by atoms with Crippen LogP contribution in [0.4, 0.5) is 11.5 Å². The van der Waals surface area contributed by atoms with Crippen LogP contribution in [0.5, 0.6) is 0 Å². The highest BCUT2D eigenvalue weighted by Crippen LogP contribution is 2.21. The van der Waals surface area contributed by atoms with Crippen LogP contribution < -0.4 is 5.32 Å². The van der Waals surface area contributed by atoms with Gasteiger partial charge in [0.1, 0.15) is 5.82 Å². The quantitative estimate of drug-likeness (QED) is 0.675. The summed E-state index contributed by atoms with van der Waals surface area (Å²) in [4.78, 5) is 8.62. The predicted octanol–water partition coefficient (Wildman–Crippen LogP) is 3.90. The number of nitrogens with zero attached hydrogens (tertiary/aromatic N) is 2. The number of rotatable bonds is 3. The summed E-state index contributed by atoms with van der Waals surface area (Å²) in [6.45, 7) is 1.97. The Labute approximate surface area is 110 Å². The van der Waals surface area contributed by atoms with Gasteiger partial charge in [-0.15, -0.1) is 0 Å². The van der Waals surface area contributed by atoms with E-state index in [1.165, 1.54) is 11.8 Å². The molecule has 0 fully saturated rings. The molecule has 2 aromatic rings. The Bertz CT molecular complexity index is 514. The second-order valence-electron chi connectivity index (χ2n) is 3.52. The van der Waals surface area contributed by atoms with Crippen molar-refractivity contribution in [2.24, 2.45) is 0 Å². The molecule has 1 N–H and O–H groups in total. The molecule has 0 atom stereocenters. The number of halogens is 1. The lowest BCUT2D eigenvalue weighted by atomic mass is 10.3. The molecule has 0 bridgehead atoms. The summed E-state index contributed by atoms with van der Waals surface area (Å²) in [5.41, 5.74) is 1.97. The second kappa shape index (κ2) is 5.38. The molecule has 2 rings (SSSR count). The van der Waals surface area contributed by atoms with E-state index in [9.17, 15) is 0 Å². The van der Waals surface area contributed by atoms with Crippen molar-refractivity contribution >= 4 is 34.9 Å². The molecule has 3 nitrogen and oxygen atoms in total. The Balaban J connectivity index is 2.25. The van der Waals surface area contributed by atoms with Crippen molar-refractivity contribution in [3.63, 3.8) is 0 Å². The van der Waals surface area contributed by atoms with E-state index in [1.54, 1.807) is 0 Å². The lowest BCUT2D eigenvalue weighted by Gasteiger charge is -2.09. The maximum absolute atomic E-state index is 5.84. The zero-order chi connectivity index (χ0) is 12.3. The number of aryl methyl sites for hydroxylation is 1. The maximum Gasteiger partial charge on any atom is 0.189 e. The molecule has 0 saturated carbocycles. The molecule has 0 saturated heterocycles. The molecule has 1 heterocycles. The van der Waals surface area contributed by atoms with Crippen LogP contribution >= 0.6 is 23.4 Å². The van der Waals surface area contributed by atoms with Crippen molar-refractivity contribution in [3.05, 3.63) is 41.0 Å². The van der Waals surface area contributed by atoms with Gasteiger partial charge in [-0.25, -0.2) is 9.97 Å². The Hall–Kier alpha value is -1.26. The lowest BCUT2D eigenvalue weighted by molar-refractivity contribution is 0.959. The van der Waals surface area contributed by atoms with Gasteiger partial charge in [0.2, 0.25) is 0 Å². The van der Waals surface area contributed by atoms with Crippen molar-refractivity contribution in [1.82, 2.24) is 9.97 Å². The van der Waals surface area contributed by atoms with Crippen LogP contribution in [0, 0.1) is 6.92 Å². The minimum Gasteiger partial charge on any atom is -0.340 e. The van der Waals surface area contributed by atoms with Gasteiger partial charge < -0.3 is 5.32 Å². The third-order valence-electron chi connectivity index (χ3n) is 2.24. The van der Waals surface area contributed by atoms with Gasteiger partial charge in [0.25, 0.3) is 0 Å². The summed E-state index contributed by atoms with van der Waals surface area (Å²) < 4.78 is 0. The lowest BCUT2D eigenvalue weighted by Crippen LogP contribution is -1.98. The zero-order valence-corrected chi connectivity index (χ0v) is 11.1. The van der Waals surface area contributed by atoms with Crippen LogP contribution in [0.25, 0.3) is 0 Å². The molecule has 5 heteroatoms. The SMILES string of the molecule is CSc1ncc(C)c(Nc2ccc(Cl)cc2)n1. The van der Waals surface area contributed by atoms with Crippen LogP contribution in [0.3, 0.4) is 0 Å². The topological polar surface area (TPSA) is 37.8 Å². The first-order valence-corrected chi connectivity index (χ1v) is 6.69. The number of aromatic nitrogens is 2. The van der Waals surface area contributed by atoms with Gasteiger partial charge in [0.05, 0.1) is 0 Å². The Kier molecular flexibility index (Phi) is 3.86. The Morgan fingerprint density at radius 2 is 1.94 bits per heavy atom. The van der Waals surface area contributed by atoms with Crippen molar-refractivity contribution in [2.45, 2.75) is 12.1 Å². The first kappa shape index (κ1) is 12.2. The molecule has 17 heavy (non-hydrogen) atoms. The molecule has 88 valence electrons. The van der Waals surface area contributed by atoms with Gasteiger partial charge >= 0.3 is 0 Å². The van der Waals surface area contributed by atoms with E-state index in [-0.39, 0.29) is 0 Å². The van der Waals surface area contributed by atoms with Gasteiger partial charge in [-0.1, -0.05) is 23.4 Å². The largest absolute Gasteiger partial charge is 0.340 e. The van der Waals surface area contributed by atoms with Crippen molar-refractivity contribution in [3.8, 4) is 0 Å². The van der Waals surface area contributed by atoms with Gasteiger partial charge in [-0.3, -0.25) is 0 Å². The summed E-state index contributed by atoms with van der Waals surface area (Å²) in [6.07, 6.45) is 3.77. The number of nitrogens with one attached hydrogen (secondary N) is 1. The Morgan fingerprint density at radius 3 is 2.59 bits per heavy atom. The number of benzene rings is 1. The Morgan fingerprint density at radius 1 is 1.24 bits per heavy atom. The monoisotopic (exact) mass is 265 g/mol. The third-order valence-corrected chi connectivity index (χ3v) is 3.05. The highest BCUT2D eigenvalue weighted by molar-refractivity contribution is 7.98. The average Bonchev–Trinajstić information content (AvgIpc) is 2.35. The molecule has 0 radical (unpaired) electrons. The summed E-state index contributed by atoms with van der Waals surface area (Å²) >= 11 is 7.36. The fourth-order valence-corrected chi connectivity index (χ4v) is 1.79. The molecular weight excluding hydrogens is 254 g/mol. The highest BCUT2D eigenvalue weighted by atomic mass is 35.5. The van der Waals surface area contributed by atoms with Crippen LogP contribution in [-0.4, -0.2) is 16.2 Å². The van der Waals surface area contributed by atoms with E-state index in [2.05, 4.69) is 15.3 Å². The smallest absolute Gasteiger partial charge is 0.189 e. The molecule has 0 amide bonds. The van der Waals surface area contributed by atoms with Crippen molar-refractivity contribution < 1.29 is 0 Å². The van der Waals surface area contributed by atoms with Gasteiger partial charge in [0.15, 0.2) is 5.16 Å². The number of hydrogen-bond donors (Lipinski definition) is 1. The third kappa shape index (κ3) is 3.11. The molecule has 1 aromatic heterocycles. The van der Waals surface area contributed by atoms with Gasteiger partial charge in [0, 0.05) is 22.5 Å². The summed E-state index contributed by atoms with van der Waals surface area (Å²) in [5, 5.41) is 4.73. The first-order chi connectivity index (χ1) is 8.19. The normalized spacial score (nSPS) is 10.3. The van der Waals surface area contributed by atoms with Crippen LogP contribution in [0.15, 0.2) is 35.6 Å². The predicted molar refractivity (Wildman–Crippen MR) is 73.3 cm³/mol. The molecule has 0 aliphatic heterocycles. The van der Waals surface area contributed by atoms with E-state index < -0.39 is 0 Å². The van der Waals surface area contributed by atoms with Gasteiger partial charge in [-0.05, 0) is 37.4 Å². The summed E-state index contributed by atoms with van der Waals surface area (Å²) in [7, 11) is 0. The zero-order valence-electron chi connectivity index (χ0n) is 9.57. The van der Waals surface area contributed by atoms with Crippen LogP contribution in [-0.2, 0) is 0 Å². The van der Waals surface area contributed by atoms with Crippen molar-refractivity contribution in [2.75, 3.05) is 11.6 Å².